The molecule has 2 rings (SSSR count). The van der Waals surface area contributed by atoms with Gasteiger partial charge in [-0.05, 0) is 42.7 Å². The first kappa shape index (κ1) is 12.6. The predicted octanol–water partition coefficient (Wildman–Crippen LogP) is 3.51. The summed E-state index contributed by atoms with van der Waals surface area (Å²) in [5, 5.41) is 3.22. The van der Waals surface area contributed by atoms with Crippen LogP contribution in [0.3, 0.4) is 0 Å². The van der Waals surface area contributed by atoms with Crippen LogP contribution >= 0.6 is 11.6 Å². The summed E-state index contributed by atoms with van der Waals surface area (Å²) in [7, 11) is 0. The molecule has 1 aromatic rings. The van der Waals surface area contributed by atoms with Crippen molar-refractivity contribution < 1.29 is 4.39 Å². The van der Waals surface area contributed by atoms with Gasteiger partial charge in [-0.25, -0.2) is 9.37 Å². The highest BCUT2D eigenvalue weighted by molar-refractivity contribution is 6.28. The number of halogens is 2. The van der Waals surface area contributed by atoms with Crippen molar-refractivity contribution in [1.29, 1.82) is 0 Å². The van der Waals surface area contributed by atoms with Gasteiger partial charge in [-0.1, -0.05) is 13.8 Å². The molecule has 0 aliphatic heterocycles. The number of rotatable bonds is 2. The van der Waals surface area contributed by atoms with Crippen molar-refractivity contribution in [3.63, 3.8) is 0 Å². The molecule has 0 spiro atoms. The first-order chi connectivity index (χ1) is 8.04. The second-order valence-electron chi connectivity index (χ2n) is 5.09. The van der Waals surface area contributed by atoms with Gasteiger partial charge in [0.05, 0.1) is 6.20 Å². The van der Waals surface area contributed by atoms with Crippen LogP contribution in [0.2, 0.25) is 5.28 Å². The Morgan fingerprint density at radius 3 is 2.59 bits per heavy atom. The minimum absolute atomic E-state index is 0.0748. The molecule has 1 fully saturated rings. The molecule has 94 valence electrons. The van der Waals surface area contributed by atoms with Crippen molar-refractivity contribution in [2.24, 2.45) is 11.8 Å². The first-order valence-corrected chi connectivity index (χ1v) is 6.37. The van der Waals surface area contributed by atoms with Crippen molar-refractivity contribution >= 4 is 17.4 Å². The number of anilines is 1. The van der Waals surface area contributed by atoms with Crippen LogP contribution < -0.4 is 5.32 Å². The number of aromatic nitrogens is 2. The summed E-state index contributed by atoms with van der Waals surface area (Å²) < 4.78 is 13.5. The van der Waals surface area contributed by atoms with E-state index in [0.29, 0.717) is 11.8 Å². The van der Waals surface area contributed by atoms with E-state index in [1.165, 1.54) is 6.42 Å². The summed E-state index contributed by atoms with van der Waals surface area (Å²) in [5.74, 6) is 1.10. The standard InChI is InChI=1S/C12H17ClFN3/c1-7-3-8(2)5-9(4-7)16-11-10(14)6-15-12(13)17-11/h6-9H,3-5H2,1-2H3,(H,15,16,17). The Morgan fingerprint density at radius 2 is 1.94 bits per heavy atom. The van der Waals surface area contributed by atoms with Gasteiger partial charge < -0.3 is 5.32 Å². The molecule has 0 radical (unpaired) electrons. The van der Waals surface area contributed by atoms with Gasteiger partial charge in [0.15, 0.2) is 11.6 Å². The highest BCUT2D eigenvalue weighted by atomic mass is 35.5. The topological polar surface area (TPSA) is 37.8 Å². The summed E-state index contributed by atoms with van der Waals surface area (Å²) in [4.78, 5) is 7.49. The third kappa shape index (κ3) is 3.28. The van der Waals surface area contributed by atoms with E-state index in [2.05, 4.69) is 29.1 Å². The smallest absolute Gasteiger partial charge is 0.224 e. The van der Waals surface area contributed by atoms with Crippen LogP contribution in [0.15, 0.2) is 6.20 Å². The average Bonchev–Trinajstić information content (AvgIpc) is 2.22. The van der Waals surface area contributed by atoms with Crippen molar-refractivity contribution in [3.05, 3.63) is 17.3 Å². The summed E-state index contributed by atoms with van der Waals surface area (Å²) in [6, 6.07) is 0.272. The lowest BCUT2D eigenvalue weighted by Gasteiger charge is -2.32. The van der Waals surface area contributed by atoms with Gasteiger partial charge in [0, 0.05) is 6.04 Å². The normalized spacial score (nSPS) is 29.1. The summed E-state index contributed by atoms with van der Waals surface area (Å²) in [6.45, 7) is 4.46. The number of nitrogens with zero attached hydrogens (tertiary/aromatic N) is 2. The maximum Gasteiger partial charge on any atom is 0.224 e. The molecule has 1 heterocycles. The Labute approximate surface area is 106 Å². The Kier molecular flexibility index (Phi) is 3.82. The second-order valence-corrected chi connectivity index (χ2v) is 5.43. The lowest BCUT2D eigenvalue weighted by molar-refractivity contribution is 0.280. The zero-order valence-electron chi connectivity index (χ0n) is 10.1. The zero-order valence-corrected chi connectivity index (χ0v) is 10.8. The summed E-state index contributed by atoms with van der Waals surface area (Å²) in [6.07, 6.45) is 4.44. The van der Waals surface area contributed by atoms with Gasteiger partial charge >= 0.3 is 0 Å². The molecule has 0 bridgehead atoms. The largest absolute Gasteiger partial charge is 0.365 e. The quantitative estimate of drug-likeness (QED) is 0.824. The second kappa shape index (κ2) is 5.17. The third-order valence-electron chi connectivity index (χ3n) is 3.23. The molecule has 0 saturated heterocycles. The molecule has 1 saturated carbocycles. The Balaban J connectivity index is 2.07. The highest BCUT2D eigenvalue weighted by Gasteiger charge is 2.24. The SMILES string of the molecule is CC1CC(C)CC(Nc2nc(Cl)ncc2F)C1. The summed E-state index contributed by atoms with van der Waals surface area (Å²) in [5.41, 5.74) is 0. The predicted molar refractivity (Wildman–Crippen MR) is 66.6 cm³/mol. The molecule has 2 unspecified atom stereocenters. The van der Waals surface area contributed by atoms with E-state index in [0.717, 1.165) is 19.0 Å². The van der Waals surface area contributed by atoms with Crippen LogP contribution in [0.4, 0.5) is 10.2 Å². The van der Waals surface area contributed by atoms with Crippen molar-refractivity contribution in [2.45, 2.75) is 39.2 Å². The van der Waals surface area contributed by atoms with Crippen LogP contribution in [0.1, 0.15) is 33.1 Å². The van der Waals surface area contributed by atoms with Crippen molar-refractivity contribution in [3.8, 4) is 0 Å². The Bertz CT molecular complexity index is 389. The molecule has 1 aromatic heterocycles. The van der Waals surface area contributed by atoms with Crippen LogP contribution in [-0.2, 0) is 0 Å². The molecule has 2 atom stereocenters. The molecule has 0 aromatic carbocycles. The monoisotopic (exact) mass is 257 g/mol. The molecule has 1 aliphatic rings. The molecule has 5 heteroatoms. The molecule has 0 amide bonds. The van der Waals surface area contributed by atoms with Gasteiger partial charge in [0.25, 0.3) is 0 Å². The fraction of sp³-hybridized carbons (Fsp3) is 0.667. The van der Waals surface area contributed by atoms with Gasteiger partial charge in [-0.2, -0.15) is 4.98 Å². The molecule has 1 aliphatic carbocycles. The van der Waals surface area contributed by atoms with Gasteiger partial charge in [0.1, 0.15) is 0 Å². The van der Waals surface area contributed by atoms with E-state index >= 15 is 0 Å². The first-order valence-electron chi connectivity index (χ1n) is 5.99. The van der Waals surface area contributed by atoms with E-state index in [-0.39, 0.29) is 17.1 Å². The minimum atomic E-state index is -0.444. The lowest BCUT2D eigenvalue weighted by Crippen LogP contribution is -2.30. The highest BCUT2D eigenvalue weighted by Crippen LogP contribution is 2.30. The fourth-order valence-corrected chi connectivity index (χ4v) is 2.84. The minimum Gasteiger partial charge on any atom is -0.365 e. The molecular weight excluding hydrogens is 241 g/mol. The van der Waals surface area contributed by atoms with E-state index in [1.807, 2.05) is 0 Å². The Hall–Kier alpha value is -0.900. The average molecular weight is 258 g/mol. The number of hydrogen-bond acceptors (Lipinski definition) is 3. The van der Waals surface area contributed by atoms with Gasteiger partial charge in [0.2, 0.25) is 5.28 Å². The van der Waals surface area contributed by atoms with Crippen LogP contribution in [0.25, 0.3) is 0 Å². The Morgan fingerprint density at radius 1 is 1.29 bits per heavy atom. The fourth-order valence-electron chi connectivity index (χ4n) is 2.70. The van der Waals surface area contributed by atoms with E-state index in [1.54, 1.807) is 0 Å². The molecule has 1 N–H and O–H groups in total. The van der Waals surface area contributed by atoms with Gasteiger partial charge in [-0.15, -0.1) is 0 Å². The maximum atomic E-state index is 13.5. The van der Waals surface area contributed by atoms with Crippen LogP contribution in [0, 0.1) is 17.7 Å². The summed E-state index contributed by atoms with van der Waals surface area (Å²) >= 11 is 5.66. The van der Waals surface area contributed by atoms with Gasteiger partial charge in [-0.3, -0.25) is 0 Å². The van der Waals surface area contributed by atoms with Crippen molar-refractivity contribution in [2.75, 3.05) is 5.32 Å². The lowest BCUT2D eigenvalue weighted by atomic mass is 9.80. The molecule has 3 nitrogen and oxygen atoms in total. The maximum absolute atomic E-state index is 13.5. The van der Waals surface area contributed by atoms with E-state index in [4.69, 9.17) is 11.6 Å². The molecular formula is C12H17ClFN3. The number of nitrogens with one attached hydrogen (secondary N) is 1. The molecule has 17 heavy (non-hydrogen) atoms. The zero-order chi connectivity index (χ0) is 12.4. The van der Waals surface area contributed by atoms with Crippen LogP contribution in [0.5, 0.6) is 0 Å². The van der Waals surface area contributed by atoms with Crippen LogP contribution in [-0.4, -0.2) is 16.0 Å². The van der Waals surface area contributed by atoms with Crippen molar-refractivity contribution in [1.82, 2.24) is 9.97 Å². The van der Waals surface area contributed by atoms with E-state index in [9.17, 15) is 4.39 Å². The third-order valence-corrected chi connectivity index (χ3v) is 3.42. The number of hydrogen-bond donors (Lipinski definition) is 1. The van der Waals surface area contributed by atoms with E-state index < -0.39 is 5.82 Å².